The number of nitrogens with zero attached hydrogens (tertiary/aromatic N) is 2. The van der Waals surface area contributed by atoms with Gasteiger partial charge in [-0.2, -0.15) is 0 Å². The van der Waals surface area contributed by atoms with E-state index in [1.807, 2.05) is 24.3 Å². The highest BCUT2D eigenvalue weighted by Gasteiger charge is 2.35. The van der Waals surface area contributed by atoms with E-state index < -0.39 is 30.1 Å². The molecule has 1 fully saturated rings. The zero-order chi connectivity index (χ0) is 24.8. The fourth-order valence-corrected chi connectivity index (χ4v) is 3.91. The predicted octanol–water partition coefficient (Wildman–Crippen LogP) is 1.34. The summed E-state index contributed by atoms with van der Waals surface area (Å²) in [7, 11) is 1.55. The summed E-state index contributed by atoms with van der Waals surface area (Å²) in [6, 6.07) is 13.6. The third-order valence-corrected chi connectivity index (χ3v) is 6.29. The Morgan fingerprint density at radius 3 is 2.03 bits per heavy atom. The van der Waals surface area contributed by atoms with Crippen molar-refractivity contribution in [2.45, 2.75) is 25.2 Å². The zero-order valence-electron chi connectivity index (χ0n) is 19.0. The highest BCUT2D eigenvalue weighted by molar-refractivity contribution is 9.10. The number of carbonyl (C=O) groups excluding carboxylic acids is 3. The summed E-state index contributed by atoms with van der Waals surface area (Å²) in [5.41, 5.74) is 1.31. The molecule has 1 saturated heterocycles. The van der Waals surface area contributed by atoms with Crippen LogP contribution in [0.3, 0.4) is 0 Å². The molecule has 1 aliphatic rings. The van der Waals surface area contributed by atoms with E-state index in [0.717, 1.165) is 10.0 Å². The van der Waals surface area contributed by atoms with Crippen LogP contribution < -0.4 is 10.1 Å². The normalized spacial score (nSPS) is 16.4. The Morgan fingerprint density at radius 2 is 1.47 bits per heavy atom. The first-order valence-electron chi connectivity index (χ1n) is 10.9. The van der Waals surface area contributed by atoms with Gasteiger partial charge in [0.2, 0.25) is 0 Å². The number of aliphatic hydroxyl groups is 2. The van der Waals surface area contributed by atoms with Gasteiger partial charge in [0, 0.05) is 36.2 Å². The van der Waals surface area contributed by atoms with Crippen LogP contribution in [0, 0.1) is 0 Å². The second kappa shape index (κ2) is 11.5. The third-order valence-electron chi connectivity index (χ3n) is 5.77. The molecule has 0 radical (unpaired) electrons. The van der Waals surface area contributed by atoms with E-state index in [9.17, 15) is 24.6 Å². The van der Waals surface area contributed by atoms with E-state index in [1.165, 1.54) is 4.90 Å². The number of halogens is 1. The van der Waals surface area contributed by atoms with Gasteiger partial charge in [-0.05, 0) is 48.9 Å². The molecule has 2 aromatic rings. The Balaban J connectivity index is 1.51. The van der Waals surface area contributed by atoms with Crippen molar-refractivity contribution in [1.82, 2.24) is 15.1 Å². The molecular weight excluding hydrogens is 506 g/mol. The van der Waals surface area contributed by atoms with Gasteiger partial charge in [0.1, 0.15) is 5.75 Å². The fraction of sp³-hybridized carbons (Fsp3) is 0.375. The summed E-state index contributed by atoms with van der Waals surface area (Å²) < 4.78 is 5.99. The van der Waals surface area contributed by atoms with Crippen LogP contribution in [0.5, 0.6) is 5.75 Å². The highest BCUT2D eigenvalue weighted by Crippen LogP contribution is 2.18. The van der Waals surface area contributed by atoms with Gasteiger partial charge >= 0.3 is 0 Å². The van der Waals surface area contributed by atoms with Crippen LogP contribution in [-0.2, 0) is 9.59 Å². The van der Waals surface area contributed by atoms with Crippen molar-refractivity contribution >= 4 is 33.7 Å². The Bertz CT molecular complexity index is 1010. The average molecular weight is 534 g/mol. The van der Waals surface area contributed by atoms with Crippen LogP contribution in [0.2, 0.25) is 0 Å². The number of hydrogen-bond donors (Lipinski definition) is 3. The third kappa shape index (κ3) is 6.13. The quantitative estimate of drug-likeness (QED) is 0.494. The van der Waals surface area contributed by atoms with E-state index in [4.69, 9.17) is 4.74 Å². The maximum absolute atomic E-state index is 12.7. The molecule has 0 aromatic heterocycles. The van der Waals surface area contributed by atoms with Gasteiger partial charge in [-0.1, -0.05) is 28.1 Å². The lowest BCUT2D eigenvalue weighted by Gasteiger charge is -2.36. The largest absolute Gasteiger partial charge is 0.497 e. The average Bonchev–Trinajstić information content (AvgIpc) is 2.87. The molecule has 182 valence electrons. The summed E-state index contributed by atoms with van der Waals surface area (Å²) in [5.74, 6) is -1.12. The van der Waals surface area contributed by atoms with Crippen LogP contribution in [0.1, 0.15) is 28.9 Å². The molecule has 34 heavy (non-hydrogen) atoms. The zero-order valence-corrected chi connectivity index (χ0v) is 20.6. The van der Waals surface area contributed by atoms with Crippen molar-refractivity contribution < 1.29 is 29.3 Å². The Hall–Kier alpha value is -2.95. The van der Waals surface area contributed by atoms with Crippen molar-refractivity contribution in [3.8, 4) is 5.75 Å². The monoisotopic (exact) mass is 533 g/mol. The first-order valence-corrected chi connectivity index (χ1v) is 11.6. The number of carbonyl (C=O) groups is 3. The maximum Gasteiger partial charge on any atom is 0.254 e. The van der Waals surface area contributed by atoms with Crippen molar-refractivity contribution in [2.75, 3.05) is 33.3 Å². The smallest absolute Gasteiger partial charge is 0.254 e. The van der Waals surface area contributed by atoms with Crippen molar-refractivity contribution in [3.63, 3.8) is 0 Å². The van der Waals surface area contributed by atoms with Gasteiger partial charge in [-0.25, -0.2) is 0 Å². The molecular formula is C24H28BrN3O6. The number of nitrogens with one attached hydrogen (secondary N) is 1. The lowest BCUT2D eigenvalue weighted by Crippen LogP contribution is -2.56. The predicted molar refractivity (Wildman–Crippen MR) is 128 cm³/mol. The first kappa shape index (κ1) is 25.7. The number of benzene rings is 2. The molecule has 2 aromatic carbocycles. The molecule has 1 aliphatic heterocycles. The van der Waals surface area contributed by atoms with Gasteiger partial charge in [0.15, 0.2) is 12.2 Å². The number of piperazine rings is 1. The molecule has 0 bridgehead atoms. The van der Waals surface area contributed by atoms with Crippen molar-refractivity contribution in [3.05, 3.63) is 64.1 Å². The molecule has 3 rings (SSSR count). The van der Waals surface area contributed by atoms with E-state index in [1.54, 1.807) is 43.2 Å². The number of amides is 3. The van der Waals surface area contributed by atoms with Crippen LogP contribution >= 0.6 is 15.9 Å². The standard InChI is InChI=1S/C24H28BrN3O6/c1-15(16-3-7-18(25)8-4-16)26-22(31)20(29)21(30)24(33)28-13-11-27(12-14-28)23(32)17-5-9-19(34-2)10-6-17/h3-10,15,20-21,29-30H,11-14H2,1-2H3,(H,26,31)/t15-,20-,21-/m1/s1. The Kier molecular flexibility index (Phi) is 8.65. The van der Waals surface area contributed by atoms with Gasteiger partial charge in [0.05, 0.1) is 13.2 Å². The summed E-state index contributed by atoms with van der Waals surface area (Å²) in [6.07, 6.45) is -3.81. The molecule has 1 heterocycles. The first-order chi connectivity index (χ1) is 16.2. The number of hydrogen-bond acceptors (Lipinski definition) is 6. The molecule has 3 N–H and O–H groups in total. The highest BCUT2D eigenvalue weighted by atomic mass is 79.9. The summed E-state index contributed by atoms with van der Waals surface area (Å²) in [5, 5.41) is 23.2. The van der Waals surface area contributed by atoms with E-state index in [2.05, 4.69) is 21.2 Å². The minimum atomic E-state index is -1.91. The lowest BCUT2D eigenvalue weighted by molar-refractivity contribution is -0.154. The number of aliphatic hydroxyl groups excluding tert-OH is 2. The molecule has 0 aliphatic carbocycles. The van der Waals surface area contributed by atoms with E-state index in [0.29, 0.717) is 11.3 Å². The van der Waals surface area contributed by atoms with Crippen LogP contribution in [0.15, 0.2) is 53.0 Å². The fourth-order valence-electron chi connectivity index (χ4n) is 3.65. The number of methoxy groups -OCH3 is 1. The number of rotatable bonds is 7. The summed E-state index contributed by atoms with van der Waals surface area (Å²) in [6.45, 7) is 2.64. The molecule has 0 spiro atoms. The SMILES string of the molecule is COc1ccc(C(=O)N2CCN(C(=O)[C@H](O)[C@@H](O)C(=O)N[C@H](C)c3ccc(Br)cc3)CC2)cc1. The topological polar surface area (TPSA) is 119 Å². The van der Waals surface area contributed by atoms with Crippen LogP contribution in [0.4, 0.5) is 0 Å². The van der Waals surface area contributed by atoms with Crippen LogP contribution in [-0.4, -0.2) is 83.2 Å². The van der Waals surface area contributed by atoms with Gasteiger partial charge in [-0.15, -0.1) is 0 Å². The Labute approximate surface area is 206 Å². The molecule has 10 heteroatoms. The van der Waals surface area contributed by atoms with Crippen molar-refractivity contribution in [1.29, 1.82) is 0 Å². The minimum Gasteiger partial charge on any atom is -0.497 e. The van der Waals surface area contributed by atoms with E-state index >= 15 is 0 Å². The summed E-state index contributed by atoms with van der Waals surface area (Å²) >= 11 is 3.34. The molecule has 0 unspecified atom stereocenters. The van der Waals surface area contributed by atoms with Crippen LogP contribution in [0.25, 0.3) is 0 Å². The molecule has 0 saturated carbocycles. The second-order valence-corrected chi connectivity index (χ2v) is 8.93. The number of ether oxygens (including phenoxy) is 1. The molecule has 3 atom stereocenters. The minimum absolute atomic E-state index is 0.170. The summed E-state index contributed by atoms with van der Waals surface area (Å²) in [4.78, 5) is 40.7. The maximum atomic E-state index is 12.7. The Morgan fingerprint density at radius 1 is 0.912 bits per heavy atom. The van der Waals surface area contributed by atoms with Gasteiger partial charge in [-0.3, -0.25) is 14.4 Å². The van der Waals surface area contributed by atoms with Crippen molar-refractivity contribution in [2.24, 2.45) is 0 Å². The van der Waals surface area contributed by atoms with Gasteiger partial charge < -0.3 is 30.1 Å². The lowest BCUT2D eigenvalue weighted by atomic mass is 10.1. The van der Waals surface area contributed by atoms with E-state index in [-0.39, 0.29) is 32.1 Å². The van der Waals surface area contributed by atoms with Gasteiger partial charge in [0.25, 0.3) is 17.7 Å². The second-order valence-electron chi connectivity index (χ2n) is 8.02. The molecule has 9 nitrogen and oxygen atoms in total. The molecule has 3 amide bonds.